The molecule has 9 heteroatoms. The molecule has 0 bridgehead atoms. The molecule has 0 aliphatic carbocycles. The molecule has 2 aromatic carbocycles. The van der Waals surface area contributed by atoms with Gasteiger partial charge in [-0.2, -0.15) is 0 Å². The van der Waals surface area contributed by atoms with Gasteiger partial charge >= 0.3 is 5.97 Å². The topological polar surface area (TPSA) is 116 Å². The first kappa shape index (κ1) is 20.0. The van der Waals surface area contributed by atoms with Gasteiger partial charge in [0.2, 0.25) is 10.0 Å². The van der Waals surface area contributed by atoms with Crippen molar-refractivity contribution in [2.24, 2.45) is 5.14 Å². The monoisotopic (exact) mass is 394 g/mol. The number of nitrogens with two attached hydrogens (primary N) is 1. The van der Waals surface area contributed by atoms with Crippen molar-refractivity contribution in [3.8, 4) is 0 Å². The second kappa shape index (κ2) is 8.84. The van der Waals surface area contributed by atoms with Gasteiger partial charge in [0.1, 0.15) is 5.25 Å². The lowest BCUT2D eigenvalue weighted by Crippen LogP contribution is -2.25. The number of primary sulfonamides is 1. The molecule has 0 fully saturated rings. The third-order valence-electron chi connectivity index (χ3n) is 3.18. The molecule has 0 unspecified atom stereocenters. The van der Waals surface area contributed by atoms with Gasteiger partial charge in [0.25, 0.3) is 5.91 Å². The lowest BCUT2D eigenvalue weighted by atomic mass is 10.3. The van der Waals surface area contributed by atoms with Crippen LogP contribution in [0.4, 0.5) is 5.69 Å². The molecule has 0 aromatic heterocycles. The summed E-state index contributed by atoms with van der Waals surface area (Å²) in [6, 6.07) is 14.8. The molecule has 2 rings (SSSR count). The highest BCUT2D eigenvalue weighted by atomic mass is 32.2. The van der Waals surface area contributed by atoms with E-state index in [-0.39, 0.29) is 10.6 Å². The van der Waals surface area contributed by atoms with E-state index < -0.39 is 33.8 Å². The molecule has 0 heterocycles. The van der Waals surface area contributed by atoms with Gasteiger partial charge in [0, 0.05) is 10.6 Å². The fraction of sp³-hybridized carbons (Fsp3) is 0.176. The van der Waals surface area contributed by atoms with Crippen molar-refractivity contribution >= 4 is 39.3 Å². The average molecular weight is 394 g/mol. The van der Waals surface area contributed by atoms with Gasteiger partial charge in [-0.05, 0) is 37.3 Å². The number of carbonyl (C=O) groups is 2. The van der Waals surface area contributed by atoms with Gasteiger partial charge in [0.15, 0.2) is 6.61 Å². The number of anilines is 1. The highest BCUT2D eigenvalue weighted by Gasteiger charge is 2.17. The Morgan fingerprint density at radius 3 is 2.50 bits per heavy atom. The number of thioether (sulfide) groups is 1. The molecular weight excluding hydrogens is 376 g/mol. The third-order valence-corrected chi connectivity index (χ3v) is 5.18. The second-order valence-electron chi connectivity index (χ2n) is 5.30. The molecule has 0 saturated carbocycles. The normalized spacial score (nSPS) is 12.2. The van der Waals surface area contributed by atoms with Gasteiger partial charge in [-0.1, -0.05) is 24.3 Å². The number of rotatable bonds is 7. The van der Waals surface area contributed by atoms with Crippen molar-refractivity contribution in [1.82, 2.24) is 0 Å². The number of ether oxygens (including phenoxy) is 1. The summed E-state index contributed by atoms with van der Waals surface area (Å²) in [5.74, 6) is -1.10. The van der Waals surface area contributed by atoms with Crippen LogP contribution < -0.4 is 10.5 Å². The van der Waals surface area contributed by atoms with Crippen LogP contribution in [0, 0.1) is 0 Å². The average Bonchev–Trinajstić information content (AvgIpc) is 2.60. The van der Waals surface area contributed by atoms with Crippen LogP contribution in [-0.4, -0.2) is 32.2 Å². The number of benzene rings is 2. The standard InChI is InChI=1S/C17H18N2O5S2/c1-12(25-14-7-3-2-4-8-14)17(21)24-11-16(20)19-13-6-5-9-15(10-13)26(18,22)23/h2-10,12H,11H2,1H3,(H,19,20)(H2,18,22,23)/t12-/m1/s1. The van der Waals surface area contributed by atoms with Crippen molar-refractivity contribution in [2.75, 3.05) is 11.9 Å². The predicted octanol–water partition coefficient (Wildman–Crippen LogP) is 2.00. The lowest BCUT2D eigenvalue weighted by Gasteiger charge is -2.11. The Balaban J connectivity index is 1.85. The van der Waals surface area contributed by atoms with Crippen molar-refractivity contribution < 1.29 is 22.7 Å². The summed E-state index contributed by atoms with van der Waals surface area (Å²) >= 11 is 1.33. The van der Waals surface area contributed by atoms with E-state index in [1.165, 1.54) is 36.0 Å². The Morgan fingerprint density at radius 1 is 1.15 bits per heavy atom. The summed E-state index contributed by atoms with van der Waals surface area (Å²) in [6.45, 7) is 1.21. The number of esters is 1. The number of hydrogen-bond donors (Lipinski definition) is 2. The van der Waals surface area contributed by atoms with E-state index in [4.69, 9.17) is 9.88 Å². The van der Waals surface area contributed by atoms with Crippen molar-refractivity contribution in [3.63, 3.8) is 0 Å². The highest BCUT2D eigenvalue weighted by molar-refractivity contribution is 8.00. The largest absolute Gasteiger partial charge is 0.455 e. The van der Waals surface area contributed by atoms with E-state index in [2.05, 4.69) is 5.32 Å². The van der Waals surface area contributed by atoms with Crippen molar-refractivity contribution in [2.45, 2.75) is 22.0 Å². The first-order chi connectivity index (χ1) is 12.3. The molecule has 0 spiro atoms. The smallest absolute Gasteiger partial charge is 0.319 e. The van der Waals surface area contributed by atoms with Gasteiger partial charge in [-0.3, -0.25) is 9.59 Å². The molecule has 0 saturated heterocycles. The molecule has 1 atom stereocenters. The fourth-order valence-electron chi connectivity index (χ4n) is 1.95. The van der Waals surface area contributed by atoms with E-state index in [0.29, 0.717) is 0 Å². The number of nitrogens with one attached hydrogen (secondary N) is 1. The first-order valence-corrected chi connectivity index (χ1v) is 9.99. The van der Waals surface area contributed by atoms with Crippen molar-refractivity contribution in [3.05, 3.63) is 54.6 Å². The Labute approximate surface area is 156 Å². The number of amides is 1. The fourth-order valence-corrected chi connectivity index (χ4v) is 3.40. The van der Waals surface area contributed by atoms with Crippen LogP contribution in [0.5, 0.6) is 0 Å². The molecular formula is C17H18N2O5S2. The van der Waals surface area contributed by atoms with E-state index in [9.17, 15) is 18.0 Å². The van der Waals surface area contributed by atoms with E-state index in [0.717, 1.165) is 4.90 Å². The van der Waals surface area contributed by atoms with Crippen LogP contribution in [-0.2, 0) is 24.3 Å². The first-order valence-electron chi connectivity index (χ1n) is 7.57. The lowest BCUT2D eigenvalue weighted by molar-refractivity contribution is -0.146. The van der Waals surface area contributed by atoms with Gasteiger partial charge in [-0.15, -0.1) is 11.8 Å². The third kappa shape index (κ3) is 6.17. The summed E-state index contributed by atoms with van der Waals surface area (Å²) in [7, 11) is -3.87. The number of sulfonamides is 1. The van der Waals surface area contributed by atoms with E-state index >= 15 is 0 Å². The van der Waals surface area contributed by atoms with Crippen LogP contribution in [0.2, 0.25) is 0 Å². The van der Waals surface area contributed by atoms with E-state index in [1.54, 1.807) is 6.92 Å². The molecule has 0 radical (unpaired) electrons. The summed E-state index contributed by atoms with van der Waals surface area (Å²) in [4.78, 5) is 24.6. The summed E-state index contributed by atoms with van der Waals surface area (Å²) in [6.07, 6.45) is 0. The maximum absolute atomic E-state index is 12.0. The highest BCUT2D eigenvalue weighted by Crippen LogP contribution is 2.23. The molecule has 26 heavy (non-hydrogen) atoms. The molecule has 0 aliphatic rings. The maximum Gasteiger partial charge on any atom is 0.319 e. The van der Waals surface area contributed by atoms with Gasteiger partial charge < -0.3 is 10.1 Å². The minimum atomic E-state index is -3.87. The maximum atomic E-state index is 12.0. The minimum absolute atomic E-state index is 0.125. The Kier molecular flexibility index (Phi) is 6.78. The van der Waals surface area contributed by atoms with Gasteiger partial charge in [0.05, 0.1) is 4.90 Å². The summed E-state index contributed by atoms with van der Waals surface area (Å²) < 4.78 is 27.6. The zero-order chi connectivity index (χ0) is 19.2. The Morgan fingerprint density at radius 2 is 1.85 bits per heavy atom. The van der Waals surface area contributed by atoms with Gasteiger partial charge in [-0.25, -0.2) is 13.6 Å². The molecule has 138 valence electrons. The zero-order valence-corrected chi connectivity index (χ0v) is 15.5. The second-order valence-corrected chi connectivity index (χ2v) is 8.28. The molecule has 7 nitrogen and oxygen atoms in total. The zero-order valence-electron chi connectivity index (χ0n) is 13.9. The molecule has 1 amide bonds. The van der Waals surface area contributed by atoms with Crippen LogP contribution in [0.1, 0.15) is 6.92 Å². The number of carbonyl (C=O) groups excluding carboxylic acids is 2. The molecule has 0 aliphatic heterocycles. The van der Waals surface area contributed by atoms with Crippen molar-refractivity contribution in [1.29, 1.82) is 0 Å². The van der Waals surface area contributed by atoms with E-state index in [1.807, 2.05) is 30.3 Å². The van der Waals surface area contributed by atoms with Crippen LogP contribution in [0.3, 0.4) is 0 Å². The van der Waals surface area contributed by atoms with Crippen LogP contribution in [0.15, 0.2) is 64.4 Å². The Hall–Kier alpha value is -2.36. The number of hydrogen-bond acceptors (Lipinski definition) is 6. The van der Waals surface area contributed by atoms with Crippen LogP contribution in [0.25, 0.3) is 0 Å². The summed E-state index contributed by atoms with van der Waals surface area (Å²) in [5.41, 5.74) is 0.240. The molecule has 2 aromatic rings. The summed E-state index contributed by atoms with van der Waals surface area (Å²) in [5, 5.41) is 7.02. The van der Waals surface area contributed by atoms with Crippen LogP contribution >= 0.6 is 11.8 Å². The minimum Gasteiger partial charge on any atom is -0.455 e. The Bertz CT molecular complexity index is 885. The quantitative estimate of drug-likeness (QED) is 0.548. The SMILES string of the molecule is C[C@@H](Sc1ccccc1)C(=O)OCC(=O)Nc1cccc(S(N)(=O)=O)c1. The molecule has 3 N–H and O–H groups in total. The predicted molar refractivity (Wildman–Crippen MR) is 99.2 cm³/mol.